The summed E-state index contributed by atoms with van der Waals surface area (Å²) < 4.78 is 13.3. The van der Waals surface area contributed by atoms with Gasteiger partial charge >= 0.3 is 0 Å². The second-order valence-corrected chi connectivity index (χ2v) is 4.00. The van der Waals surface area contributed by atoms with Crippen molar-refractivity contribution >= 4 is 5.91 Å². The first-order valence-corrected chi connectivity index (χ1v) is 5.40. The Bertz CT molecular complexity index is 448. The SMILES string of the molecule is O=C(N[C@@H]1C=C[C@H](CO)C1)c1ccncc1F. The molecule has 2 rings (SSSR count). The Hall–Kier alpha value is -1.75. The molecule has 0 bridgehead atoms. The van der Waals surface area contributed by atoms with Gasteiger partial charge in [-0.15, -0.1) is 0 Å². The molecule has 0 unspecified atom stereocenters. The van der Waals surface area contributed by atoms with Gasteiger partial charge in [0, 0.05) is 24.8 Å². The number of pyridine rings is 1. The van der Waals surface area contributed by atoms with Crippen LogP contribution in [0, 0.1) is 11.7 Å². The number of hydrogen-bond donors (Lipinski definition) is 2. The highest BCUT2D eigenvalue weighted by Crippen LogP contribution is 2.17. The molecule has 0 aliphatic heterocycles. The molecule has 1 aliphatic carbocycles. The van der Waals surface area contributed by atoms with E-state index in [0.717, 1.165) is 6.20 Å². The number of aromatic nitrogens is 1. The van der Waals surface area contributed by atoms with Gasteiger partial charge in [-0.2, -0.15) is 0 Å². The van der Waals surface area contributed by atoms with E-state index in [9.17, 15) is 9.18 Å². The molecule has 1 aliphatic rings. The van der Waals surface area contributed by atoms with Gasteiger partial charge in [-0.3, -0.25) is 9.78 Å². The van der Waals surface area contributed by atoms with E-state index in [0.29, 0.717) is 6.42 Å². The largest absolute Gasteiger partial charge is 0.396 e. The van der Waals surface area contributed by atoms with E-state index in [2.05, 4.69) is 10.3 Å². The van der Waals surface area contributed by atoms with Crippen molar-refractivity contribution in [3.8, 4) is 0 Å². The monoisotopic (exact) mass is 236 g/mol. The van der Waals surface area contributed by atoms with Gasteiger partial charge in [0.25, 0.3) is 5.91 Å². The lowest BCUT2D eigenvalue weighted by molar-refractivity contribution is 0.0937. The van der Waals surface area contributed by atoms with E-state index in [1.54, 1.807) is 0 Å². The Morgan fingerprint density at radius 3 is 3.06 bits per heavy atom. The number of halogens is 1. The second-order valence-electron chi connectivity index (χ2n) is 4.00. The summed E-state index contributed by atoms with van der Waals surface area (Å²) in [6.07, 6.45) is 6.70. The lowest BCUT2D eigenvalue weighted by Gasteiger charge is -2.12. The van der Waals surface area contributed by atoms with Crippen LogP contribution < -0.4 is 5.32 Å². The maximum Gasteiger partial charge on any atom is 0.254 e. The van der Waals surface area contributed by atoms with Gasteiger partial charge in [0.15, 0.2) is 5.82 Å². The number of rotatable bonds is 3. The Kier molecular flexibility index (Phi) is 3.49. The van der Waals surface area contributed by atoms with Crippen LogP contribution in [0.3, 0.4) is 0 Å². The highest BCUT2D eigenvalue weighted by Gasteiger charge is 2.21. The standard InChI is InChI=1S/C12H13FN2O2/c13-11-6-14-4-3-10(11)12(17)15-9-2-1-8(5-9)7-16/h1-4,6,8-9,16H,5,7H2,(H,15,17)/t8-,9+/m0/s1. The van der Waals surface area contributed by atoms with Crippen molar-refractivity contribution in [3.05, 3.63) is 42.0 Å². The minimum Gasteiger partial charge on any atom is -0.396 e. The first kappa shape index (κ1) is 11.7. The van der Waals surface area contributed by atoms with Gasteiger partial charge < -0.3 is 10.4 Å². The molecule has 1 heterocycles. The summed E-state index contributed by atoms with van der Waals surface area (Å²) in [4.78, 5) is 15.3. The predicted octanol–water partition coefficient (Wildman–Crippen LogP) is 0.887. The fourth-order valence-electron chi connectivity index (χ4n) is 1.82. The zero-order valence-electron chi connectivity index (χ0n) is 9.14. The molecule has 0 saturated carbocycles. The zero-order valence-corrected chi connectivity index (χ0v) is 9.14. The van der Waals surface area contributed by atoms with Crippen LogP contribution in [0.2, 0.25) is 0 Å². The van der Waals surface area contributed by atoms with Crippen LogP contribution in [-0.2, 0) is 0 Å². The molecule has 17 heavy (non-hydrogen) atoms. The van der Waals surface area contributed by atoms with Gasteiger partial charge in [0.05, 0.1) is 11.8 Å². The summed E-state index contributed by atoms with van der Waals surface area (Å²) in [6.45, 7) is 0.0620. The third kappa shape index (κ3) is 2.68. The molecule has 1 amide bonds. The molecular formula is C12H13FN2O2. The minimum atomic E-state index is -0.634. The smallest absolute Gasteiger partial charge is 0.254 e. The molecule has 2 atom stereocenters. The molecular weight excluding hydrogens is 223 g/mol. The number of hydrogen-bond acceptors (Lipinski definition) is 3. The van der Waals surface area contributed by atoms with Crippen LogP contribution >= 0.6 is 0 Å². The highest BCUT2D eigenvalue weighted by atomic mass is 19.1. The molecule has 1 aromatic heterocycles. The first-order chi connectivity index (χ1) is 8.20. The maximum absolute atomic E-state index is 13.3. The molecule has 4 nitrogen and oxygen atoms in total. The summed E-state index contributed by atoms with van der Waals surface area (Å²) in [5.74, 6) is -1.02. The van der Waals surface area contributed by atoms with Crippen molar-refractivity contribution < 1.29 is 14.3 Å². The third-order valence-electron chi connectivity index (χ3n) is 2.74. The maximum atomic E-state index is 13.3. The van der Waals surface area contributed by atoms with Crippen molar-refractivity contribution in [2.24, 2.45) is 5.92 Å². The van der Waals surface area contributed by atoms with Gasteiger partial charge in [-0.05, 0) is 12.5 Å². The summed E-state index contributed by atoms with van der Waals surface area (Å²) in [6, 6.07) is 1.19. The topological polar surface area (TPSA) is 62.2 Å². The van der Waals surface area contributed by atoms with E-state index in [1.165, 1.54) is 12.3 Å². The van der Waals surface area contributed by atoms with Crippen LogP contribution in [0.25, 0.3) is 0 Å². The summed E-state index contributed by atoms with van der Waals surface area (Å²) in [7, 11) is 0. The van der Waals surface area contributed by atoms with Gasteiger partial charge in [-0.1, -0.05) is 12.2 Å². The number of carbonyl (C=O) groups excluding carboxylic acids is 1. The summed E-state index contributed by atoms with van der Waals surface area (Å²) >= 11 is 0. The van der Waals surface area contributed by atoms with E-state index < -0.39 is 11.7 Å². The molecule has 2 N–H and O–H groups in total. The fraction of sp³-hybridized carbons (Fsp3) is 0.333. The first-order valence-electron chi connectivity index (χ1n) is 5.40. The van der Waals surface area contributed by atoms with E-state index >= 15 is 0 Å². The van der Waals surface area contributed by atoms with Crippen LogP contribution in [-0.4, -0.2) is 28.6 Å². The molecule has 0 spiro atoms. The number of aliphatic hydroxyl groups excluding tert-OH is 1. The molecule has 0 fully saturated rings. The average Bonchev–Trinajstić information content (AvgIpc) is 2.77. The molecule has 0 radical (unpaired) electrons. The number of nitrogens with zero attached hydrogens (tertiary/aromatic N) is 1. The normalized spacial score (nSPS) is 22.7. The Morgan fingerprint density at radius 2 is 2.41 bits per heavy atom. The quantitative estimate of drug-likeness (QED) is 0.766. The van der Waals surface area contributed by atoms with Crippen LogP contribution in [0.15, 0.2) is 30.6 Å². The van der Waals surface area contributed by atoms with E-state index in [4.69, 9.17) is 5.11 Å². The molecule has 0 aromatic carbocycles. The Balaban J connectivity index is 1.99. The van der Waals surface area contributed by atoms with Gasteiger partial charge in [-0.25, -0.2) is 4.39 Å². The van der Waals surface area contributed by atoms with E-state index in [1.807, 2.05) is 12.2 Å². The predicted molar refractivity (Wildman–Crippen MR) is 59.8 cm³/mol. The van der Waals surface area contributed by atoms with Crippen molar-refractivity contribution in [1.29, 1.82) is 0 Å². The van der Waals surface area contributed by atoms with Gasteiger partial charge in [0.2, 0.25) is 0 Å². The second kappa shape index (κ2) is 5.05. The fourth-order valence-corrected chi connectivity index (χ4v) is 1.82. The zero-order chi connectivity index (χ0) is 12.3. The number of amides is 1. The van der Waals surface area contributed by atoms with Crippen LogP contribution in [0.5, 0.6) is 0 Å². The Morgan fingerprint density at radius 1 is 1.59 bits per heavy atom. The van der Waals surface area contributed by atoms with Crippen molar-refractivity contribution in [3.63, 3.8) is 0 Å². The number of nitrogens with one attached hydrogen (secondary N) is 1. The van der Waals surface area contributed by atoms with Crippen molar-refractivity contribution in [2.75, 3.05) is 6.61 Å². The van der Waals surface area contributed by atoms with Gasteiger partial charge in [0.1, 0.15) is 0 Å². The lowest BCUT2D eigenvalue weighted by Crippen LogP contribution is -2.33. The summed E-state index contributed by atoms with van der Waals surface area (Å²) in [5, 5.41) is 11.6. The molecule has 1 aromatic rings. The molecule has 90 valence electrons. The van der Waals surface area contributed by atoms with Crippen molar-refractivity contribution in [2.45, 2.75) is 12.5 Å². The average molecular weight is 236 g/mol. The van der Waals surface area contributed by atoms with Crippen LogP contribution in [0.1, 0.15) is 16.8 Å². The molecule has 0 saturated heterocycles. The minimum absolute atomic E-state index is 0.0131. The van der Waals surface area contributed by atoms with E-state index in [-0.39, 0.29) is 24.1 Å². The third-order valence-corrected chi connectivity index (χ3v) is 2.74. The summed E-state index contributed by atoms with van der Waals surface area (Å²) in [5.41, 5.74) is -0.0131. The number of aliphatic hydroxyl groups is 1. The Labute approximate surface area is 98.2 Å². The molecule has 5 heteroatoms. The van der Waals surface area contributed by atoms with Crippen LogP contribution in [0.4, 0.5) is 4.39 Å². The highest BCUT2D eigenvalue weighted by molar-refractivity contribution is 5.94. The number of carbonyl (C=O) groups is 1. The van der Waals surface area contributed by atoms with Crippen molar-refractivity contribution in [1.82, 2.24) is 10.3 Å². The lowest BCUT2D eigenvalue weighted by atomic mass is 10.1.